The molecule has 3 rings (SSSR count). The van der Waals surface area contributed by atoms with Crippen molar-refractivity contribution in [2.45, 2.75) is 19.5 Å². The minimum Gasteiger partial charge on any atom is -0.480 e. The lowest BCUT2D eigenvalue weighted by Gasteiger charge is -2.19. The van der Waals surface area contributed by atoms with Gasteiger partial charge in [0.05, 0.1) is 5.69 Å². The van der Waals surface area contributed by atoms with E-state index in [9.17, 15) is 9.59 Å². The van der Waals surface area contributed by atoms with Gasteiger partial charge in [-0.3, -0.25) is 4.79 Å². The van der Waals surface area contributed by atoms with Crippen molar-refractivity contribution in [3.63, 3.8) is 0 Å². The van der Waals surface area contributed by atoms with Crippen molar-refractivity contribution < 1.29 is 14.7 Å². The number of carboxylic acid groups (broad SMARTS) is 1. The molecule has 1 amide bonds. The maximum atomic E-state index is 12.4. The molecule has 1 unspecified atom stereocenters. The summed E-state index contributed by atoms with van der Waals surface area (Å²) in [6.45, 7) is 1.80. The molecular weight excluding hydrogens is 306 g/mol. The number of aromatic nitrogens is 2. The quantitative estimate of drug-likeness (QED) is 0.878. The van der Waals surface area contributed by atoms with Crippen molar-refractivity contribution in [1.82, 2.24) is 14.9 Å². The molecule has 1 aromatic carbocycles. The van der Waals surface area contributed by atoms with Crippen LogP contribution in [0.2, 0.25) is 5.28 Å². The number of nitrogens with zero attached hydrogens (tertiary/aromatic N) is 3. The molecule has 1 aromatic heterocycles. The third-order valence-electron chi connectivity index (χ3n) is 3.69. The van der Waals surface area contributed by atoms with E-state index in [4.69, 9.17) is 16.7 Å². The van der Waals surface area contributed by atoms with Crippen LogP contribution in [-0.2, 0) is 11.3 Å². The topological polar surface area (TPSA) is 83.4 Å². The van der Waals surface area contributed by atoms with Crippen LogP contribution in [0.5, 0.6) is 0 Å². The second-order valence-electron chi connectivity index (χ2n) is 5.03. The first kappa shape index (κ1) is 14.5. The molecule has 0 radical (unpaired) electrons. The predicted octanol–water partition coefficient (Wildman–Crippen LogP) is 2.23. The van der Waals surface area contributed by atoms with E-state index in [0.29, 0.717) is 17.8 Å². The van der Waals surface area contributed by atoms with Crippen LogP contribution in [0, 0.1) is 0 Å². The molecule has 1 N–H and O–H groups in total. The van der Waals surface area contributed by atoms with Gasteiger partial charge in [-0.2, -0.15) is 0 Å². The van der Waals surface area contributed by atoms with Gasteiger partial charge in [0.15, 0.2) is 0 Å². The van der Waals surface area contributed by atoms with Crippen molar-refractivity contribution in [2.75, 3.05) is 0 Å². The second-order valence-corrected chi connectivity index (χ2v) is 5.37. The number of rotatable bonds is 3. The molecule has 2 aromatic rings. The zero-order valence-electron chi connectivity index (χ0n) is 11.7. The standard InChI is InChI=1S/C15H12ClN3O3/c1-8(14(21)22)19-7-10-3-2-9(6-11(10)13(19)20)12-4-5-17-15(16)18-12/h2-6,8H,7H2,1H3,(H,21,22). The summed E-state index contributed by atoms with van der Waals surface area (Å²) in [4.78, 5) is 32.8. The highest BCUT2D eigenvalue weighted by Gasteiger charge is 2.33. The number of aliphatic carboxylic acids is 1. The molecule has 0 saturated heterocycles. The molecule has 1 aliphatic rings. The summed E-state index contributed by atoms with van der Waals surface area (Å²) in [7, 11) is 0. The number of halogens is 1. The monoisotopic (exact) mass is 317 g/mol. The number of carbonyl (C=O) groups excluding carboxylic acids is 1. The van der Waals surface area contributed by atoms with E-state index < -0.39 is 12.0 Å². The van der Waals surface area contributed by atoms with Crippen molar-refractivity contribution in [1.29, 1.82) is 0 Å². The highest BCUT2D eigenvalue weighted by Crippen LogP contribution is 2.29. The molecule has 112 valence electrons. The van der Waals surface area contributed by atoms with Crippen molar-refractivity contribution in [2.24, 2.45) is 0 Å². The lowest BCUT2D eigenvalue weighted by atomic mass is 10.0. The van der Waals surface area contributed by atoms with Crippen LogP contribution >= 0.6 is 11.6 Å². The maximum Gasteiger partial charge on any atom is 0.326 e. The van der Waals surface area contributed by atoms with Gasteiger partial charge in [0.25, 0.3) is 5.91 Å². The van der Waals surface area contributed by atoms with Gasteiger partial charge in [0, 0.05) is 23.9 Å². The minimum absolute atomic E-state index is 0.130. The molecule has 22 heavy (non-hydrogen) atoms. The van der Waals surface area contributed by atoms with Crippen LogP contribution in [0.3, 0.4) is 0 Å². The summed E-state index contributed by atoms with van der Waals surface area (Å²) >= 11 is 5.78. The van der Waals surface area contributed by atoms with Gasteiger partial charge in [-0.15, -0.1) is 0 Å². The average molecular weight is 318 g/mol. The first-order valence-corrected chi connectivity index (χ1v) is 7.01. The molecule has 0 fully saturated rings. The van der Waals surface area contributed by atoms with E-state index in [-0.39, 0.29) is 11.2 Å². The van der Waals surface area contributed by atoms with E-state index in [0.717, 1.165) is 11.1 Å². The predicted molar refractivity (Wildman–Crippen MR) is 79.4 cm³/mol. The molecule has 1 atom stereocenters. The Kier molecular flexibility index (Phi) is 3.54. The highest BCUT2D eigenvalue weighted by atomic mass is 35.5. The van der Waals surface area contributed by atoms with Gasteiger partial charge in [0.2, 0.25) is 5.28 Å². The summed E-state index contributed by atoms with van der Waals surface area (Å²) in [5.41, 5.74) is 2.66. The van der Waals surface area contributed by atoms with Crippen LogP contribution in [0.15, 0.2) is 30.5 Å². The van der Waals surface area contributed by atoms with Crippen LogP contribution in [0.4, 0.5) is 0 Å². The Morgan fingerprint density at radius 1 is 1.41 bits per heavy atom. The first-order valence-electron chi connectivity index (χ1n) is 6.63. The average Bonchev–Trinajstić information content (AvgIpc) is 2.83. The fourth-order valence-corrected chi connectivity index (χ4v) is 2.57. The Hall–Kier alpha value is -2.47. The molecule has 6 nitrogen and oxygen atoms in total. The first-order chi connectivity index (χ1) is 10.5. The number of carboxylic acids is 1. The summed E-state index contributed by atoms with van der Waals surface area (Å²) in [5, 5.41) is 9.21. The van der Waals surface area contributed by atoms with Crippen LogP contribution in [-0.4, -0.2) is 37.9 Å². The van der Waals surface area contributed by atoms with Crippen molar-refractivity contribution in [3.05, 3.63) is 46.9 Å². The minimum atomic E-state index is -1.02. The molecule has 0 bridgehead atoms. The summed E-state index contributed by atoms with van der Waals surface area (Å²) < 4.78 is 0. The van der Waals surface area contributed by atoms with E-state index in [1.54, 1.807) is 18.3 Å². The Labute approximate surface area is 131 Å². The largest absolute Gasteiger partial charge is 0.480 e. The summed E-state index contributed by atoms with van der Waals surface area (Å²) in [6, 6.07) is 6.19. The number of hydrogen-bond acceptors (Lipinski definition) is 4. The zero-order chi connectivity index (χ0) is 15.9. The van der Waals surface area contributed by atoms with E-state index in [1.165, 1.54) is 11.8 Å². The SMILES string of the molecule is CC(C(=O)O)N1Cc2ccc(-c3ccnc(Cl)n3)cc2C1=O. The van der Waals surface area contributed by atoms with Crippen LogP contribution in [0.1, 0.15) is 22.8 Å². The van der Waals surface area contributed by atoms with Crippen molar-refractivity contribution >= 4 is 23.5 Å². The van der Waals surface area contributed by atoms with Crippen LogP contribution < -0.4 is 0 Å². The zero-order valence-corrected chi connectivity index (χ0v) is 12.4. The lowest BCUT2D eigenvalue weighted by Crippen LogP contribution is -2.38. The maximum absolute atomic E-state index is 12.4. The molecule has 1 aliphatic heterocycles. The third-order valence-corrected chi connectivity index (χ3v) is 3.87. The molecule has 0 spiro atoms. The van der Waals surface area contributed by atoms with Gasteiger partial charge in [-0.1, -0.05) is 12.1 Å². The van der Waals surface area contributed by atoms with E-state index >= 15 is 0 Å². The number of fused-ring (bicyclic) bond motifs is 1. The molecule has 2 heterocycles. The molecule has 7 heteroatoms. The molecule has 0 aliphatic carbocycles. The van der Waals surface area contributed by atoms with Crippen LogP contribution in [0.25, 0.3) is 11.3 Å². The van der Waals surface area contributed by atoms with Gasteiger partial charge in [0.1, 0.15) is 6.04 Å². The number of carbonyl (C=O) groups is 2. The normalized spacial score (nSPS) is 14.8. The number of benzene rings is 1. The van der Waals surface area contributed by atoms with Gasteiger partial charge >= 0.3 is 5.97 Å². The van der Waals surface area contributed by atoms with E-state index in [2.05, 4.69) is 9.97 Å². The second kappa shape index (κ2) is 5.38. The van der Waals surface area contributed by atoms with Gasteiger partial charge in [-0.05, 0) is 36.2 Å². The smallest absolute Gasteiger partial charge is 0.326 e. The third kappa shape index (κ3) is 2.42. The summed E-state index contributed by atoms with van der Waals surface area (Å²) in [5.74, 6) is -1.31. The fraction of sp³-hybridized carbons (Fsp3) is 0.200. The van der Waals surface area contributed by atoms with Crippen molar-refractivity contribution in [3.8, 4) is 11.3 Å². The Balaban J connectivity index is 1.97. The Morgan fingerprint density at radius 2 is 2.18 bits per heavy atom. The summed E-state index contributed by atoms with van der Waals surface area (Å²) in [6.07, 6.45) is 1.54. The van der Waals surface area contributed by atoms with E-state index in [1.807, 2.05) is 12.1 Å². The Morgan fingerprint density at radius 3 is 2.86 bits per heavy atom. The number of hydrogen-bond donors (Lipinski definition) is 1. The fourth-order valence-electron chi connectivity index (χ4n) is 2.42. The lowest BCUT2D eigenvalue weighted by molar-refractivity contribution is -0.141. The van der Waals surface area contributed by atoms with Gasteiger partial charge in [-0.25, -0.2) is 14.8 Å². The van der Waals surface area contributed by atoms with Gasteiger partial charge < -0.3 is 10.0 Å². The highest BCUT2D eigenvalue weighted by molar-refractivity contribution is 6.28. The number of amides is 1. The molecule has 0 saturated carbocycles. The molecular formula is C15H12ClN3O3. The Bertz CT molecular complexity index is 778.